The minimum Gasteiger partial charge on any atom is -0.454 e. The molecule has 3 aromatic carbocycles. The molecule has 1 aromatic heterocycles. The Labute approximate surface area is 169 Å². The molecule has 0 saturated carbocycles. The number of benzene rings is 3. The molecule has 1 amide bonds. The van der Waals surface area contributed by atoms with Crippen LogP contribution in [0.4, 0.5) is 14.5 Å². The normalized spacial score (nSPS) is 12.5. The standard InChI is InChI=1S/C22H15F2N3O3/c23-22(24)27-17-4-2-1-3-16(17)26-20(27)13-5-8-15(9-6-13)25-21(28)14-7-10-18-19(11-14)30-12-29-18/h1-11,22H,12H2,(H,25,28). The van der Waals surface area contributed by atoms with E-state index < -0.39 is 6.55 Å². The lowest BCUT2D eigenvalue weighted by molar-refractivity contribution is 0.0764. The molecule has 0 saturated heterocycles. The fourth-order valence-electron chi connectivity index (χ4n) is 3.39. The number of hydrogen-bond acceptors (Lipinski definition) is 4. The van der Waals surface area contributed by atoms with Gasteiger partial charge in [0.25, 0.3) is 5.91 Å². The Bertz CT molecular complexity index is 1250. The molecule has 1 aliphatic rings. The Morgan fingerprint density at radius 1 is 1.00 bits per heavy atom. The summed E-state index contributed by atoms with van der Waals surface area (Å²) in [5, 5.41) is 2.78. The Hall–Kier alpha value is -3.94. The lowest BCUT2D eigenvalue weighted by Gasteiger charge is -2.09. The molecule has 0 bridgehead atoms. The van der Waals surface area contributed by atoms with Crippen molar-refractivity contribution in [2.24, 2.45) is 0 Å². The Balaban J connectivity index is 1.40. The zero-order valence-electron chi connectivity index (χ0n) is 15.5. The predicted octanol–water partition coefficient (Wildman–Crippen LogP) is 5.08. The first-order valence-corrected chi connectivity index (χ1v) is 9.17. The summed E-state index contributed by atoms with van der Waals surface area (Å²) in [4.78, 5) is 16.9. The van der Waals surface area contributed by atoms with Crippen LogP contribution >= 0.6 is 0 Å². The summed E-state index contributed by atoms with van der Waals surface area (Å²) < 4.78 is 38.7. The maximum Gasteiger partial charge on any atom is 0.320 e. The molecule has 6 nitrogen and oxygen atoms in total. The largest absolute Gasteiger partial charge is 0.454 e. The molecule has 150 valence electrons. The third-order valence-electron chi connectivity index (χ3n) is 4.83. The van der Waals surface area contributed by atoms with E-state index in [1.54, 1.807) is 66.7 Å². The fourth-order valence-corrected chi connectivity index (χ4v) is 3.39. The summed E-state index contributed by atoms with van der Waals surface area (Å²) in [6.45, 7) is -2.59. The summed E-state index contributed by atoms with van der Waals surface area (Å²) >= 11 is 0. The van der Waals surface area contributed by atoms with Crippen molar-refractivity contribution >= 4 is 22.6 Å². The smallest absolute Gasteiger partial charge is 0.320 e. The number of carbonyl (C=O) groups excluding carboxylic acids is 1. The molecule has 0 unspecified atom stereocenters. The van der Waals surface area contributed by atoms with Gasteiger partial charge in [0.2, 0.25) is 6.79 Å². The summed E-state index contributed by atoms with van der Waals surface area (Å²) in [5.74, 6) is 0.961. The second-order valence-electron chi connectivity index (χ2n) is 6.67. The van der Waals surface area contributed by atoms with Gasteiger partial charge in [-0.25, -0.2) is 4.98 Å². The van der Waals surface area contributed by atoms with Gasteiger partial charge in [0.15, 0.2) is 11.5 Å². The number of hydrogen-bond donors (Lipinski definition) is 1. The van der Waals surface area contributed by atoms with Crippen molar-refractivity contribution < 1.29 is 23.0 Å². The fraction of sp³-hybridized carbons (Fsp3) is 0.0909. The van der Waals surface area contributed by atoms with Crippen molar-refractivity contribution in [1.29, 1.82) is 0 Å². The van der Waals surface area contributed by atoms with E-state index in [1.165, 1.54) is 0 Å². The number of aromatic nitrogens is 2. The number of amides is 1. The number of imidazole rings is 1. The molecular weight excluding hydrogens is 392 g/mol. The van der Waals surface area contributed by atoms with Gasteiger partial charge in [0, 0.05) is 16.8 Å². The van der Waals surface area contributed by atoms with Gasteiger partial charge in [0.1, 0.15) is 5.82 Å². The average molecular weight is 407 g/mol. The molecule has 30 heavy (non-hydrogen) atoms. The zero-order valence-corrected chi connectivity index (χ0v) is 15.5. The monoisotopic (exact) mass is 407 g/mol. The zero-order chi connectivity index (χ0) is 20.7. The molecular formula is C22H15F2N3O3. The van der Waals surface area contributed by atoms with Gasteiger partial charge in [-0.3, -0.25) is 9.36 Å². The molecule has 0 radical (unpaired) electrons. The first-order chi connectivity index (χ1) is 14.6. The van der Waals surface area contributed by atoms with E-state index in [2.05, 4.69) is 10.3 Å². The number of nitrogens with one attached hydrogen (secondary N) is 1. The first kappa shape index (κ1) is 18.1. The van der Waals surface area contributed by atoms with E-state index in [4.69, 9.17) is 9.47 Å². The number of alkyl halides is 2. The topological polar surface area (TPSA) is 65.4 Å². The summed E-state index contributed by atoms with van der Waals surface area (Å²) in [6.07, 6.45) is 0. The van der Waals surface area contributed by atoms with Crippen LogP contribution in [0.2, 0.25) is 0 Å². The van der Waals surface area contributed by atoms with E-state index in [1.807, 2.05) is 0 Å². The summed E-state index contributed by atoms with van der Waals surface area (Å²) in [7, 11) is 0. The minimum absolute atomic E-state index is 0.130. The van der Waals surface area contributed by atoms with Gasteiger partial charge in [-0.2, -0.15) is 8.78 Å². The summed E-state index contributed by atoms with van der Waals surface area (Å²) in [6, 6.07) is 18.3. The van der Waals surface area contributed by atoms with E-state index in [-0.39, 0.29) is 18.5 Å². The highest BCUT2D eigenvalue weighted by molar-refractivity contribution is 6.04. The lowest BCUT2D eigenvalue weighted by atomic mass is 10.1. The van der Waals surface area contributed by atoms with Crippen molar-refractivity contribution in [1.82, 2.24) is 9.55 Å². The van der Waals surface area contributed by atoms with Gasteiger partial charge in [0.05, 0.1) is 11.0 Å². The van der Waals surface area contributed by atoms with E-state index in [0.717, 1.165) is 4.57 Å². The van der Waals surface area contributed by atoms with Crippen molar-refractivity contribution in [3.8, 4) is 22.9 Å². The molecule has 0 aliphatic carbocycles. The molecule has 0 spiro atoms. The number of ether oxygens (including phenoxy) is 2. The number of anilines is 1. The minimum atomic E-state index is -2.72. The third kappa shape index (κ3) is 3.12. The number of nitrogens with zero attached hydrogens (tertiary/aromatic N) is 2. The Morgan fingerprint density at radius 2 is 1.77 bits per heavy atom. The van der Waals surface area contributed by atoms with Crippen LogP contribution in [-0.4, -0.2) is 22.3 Å². The molecule has 0 atom stereocenters. The number of para-hydroxylation sites is 2. The van der Waals surface area contributed by atoms with Crippen LogP contribution in [-0.2, 0) is 0 Å². The highest BCUT2D eigenvalue weighted by Crippen LogP contribution is 2.33. The molecule has 2 heterocycles. The summed E-state index contributed by atoms with van der Waals surface area (Å²) in [5.41, 5.74) is 2.33. The van der Waals surface area contributed by atoms with Crippen LogP contribution in [0.3, 0.4) is 0 Å². The van der Waals surface area contributed by atoms with Gasteiger partial charge in [-0.15, -0.1) is 0 Å². The van der Waals surface area contributed by atoms with Gasteiger partial charge in [-0.05, 0) is 54.6 Å². The number of carbonyl (C=O) groups is 1. The highest BCUT2D eigenvalue weighted by Gasteiger charge is 2.19. The third-order valence-corrected chi connectivity index (χ3v) is 4.83. The van der Waals surface area contributed by atoms with Crippen LogP contribution in [0, 0.1) is 0 Å². The molecule has 4 aromatic rings. The maximum absolute atomic E-state index is 13.7. The van der Waals surface area contributed by atoms with Crippen molar-refractivity contribution in [3.63, 3.8) is 0 Å². The highest BCUT2D eigenvalue weighted by atomic mass is 19.3. The first-order valence-electron chi connectivity index (χ1n) is 9.17. The predicted molar refractivity (Wildman–Crippen MR) is 107 cm³/mol. The molecule has 0 fully saturated rings. The number of fused-ring (bicyclic) bond motifs is 2. The number of halogens is 2. The van der Waals surface area contributed by atoms with Gasteiger partial charge >= 0.3 is 6.55 Å². The molecule has 5 rings (SSSR count). The molecule has 1 N–H and O–H groups in total. The maximum atomic E-state index is 13.7. The van der Waals surface area contributed by atoms with Crippen molar-refractivity contribution in [3.05, 3.63) is 72.3 Å². The average Bonchev–Trinajstić information content (AvgIpc) is 3.38. The lowest BCUT2D eigenvalue weighted by Crippen LogP contribution is -2.11. The van der Waals surface area contributed by atoms with E-state index >= 15 is 0 Å². The van der Waals surface area contributed by atoms with Crippen LogP contribution in [0.25, 0.3) is 22.4 Å². The molecule has 1 aliphatic heterocycles. The van der Waals surface area contributed by atoms with Gasteiger partial charge < -0.3 is 14.8 Å². The van der Waals surface area contributed by atoms with Crippen molar-refractivity contribution in [2.75, 3.05) is 12.1 Å². The SMILES string of the molecule is O=C(Nc1ccc(-c2nc3ccccc3n2C(F)F)cc1)c1ccc2c(c1)OCO2. The van der Waals surface area contributed by atoms with Crippen LogP contribution in [0.5, 0.6) is 11.5 Å². The van der Waals surface area contributed by atoms with E-state index in [9.17, 15) is 13.6 Å². The van der Waals surface area contributed by atoms with Crippen LogP contribution < -0.4 is 14.8 Å². The van der Waals surface area contributed by atoms with Crippen molar-refractivity contribution in [2.45, 2.75) is 6.55 Å². The van der Waals surface area contributed by atoms with Crippen LogP contribution in [0.15, 0.2) is 66.7 Å². The van der Waals surface area contributed by atoms with Gasteiger partial charge in [-0.1, -0.05) is 12.1 Å². The number of rotatable bonds is 4. The quantitative estimate of drug-likeness (QED) is 0.512. The molecule has 8 heteroatoms. The Kier molecular flexibility index (Phi) is 4.31. The Morgan fingerprint density at radius 3 is 2.57 bits per heavy atom. The van der Waals surface area contributed by atoms with E-state index in [0.29, 0.717) is 39.3 Å². The second-order valence-corrected chi connectivity index (χ2v) is 6.67. The second kappa shape index (κ2) is 7.14. The van der Waals surface area contributed by atoms with Crippen LogP contribution in [0.1, 0.15) is 16.9 Å².